The molecule has 2 unspecified atom stereocenters. The smallest absolute Gasteiger partial charge is 0.453 e. The van der Waals surface area contributed by atoms with Crippen LogP contribution in [0.15, 0.2) is 59.8 Å². The van der Waals surface area contributed by atoms with Crippen LogP contribution in [0.4, 0.5) is 19.1 Å². The fourth-order valence-corrected chi connectivity index (χ4v) is 4.59. The number of methoxy groups -OCH3 is 1. The first-order valence-electron chi connectivity index (χ1n) is 10.5. The molecule has 5 rings (SSSR count). The van der Waals surface area contributed by atoms with Crippen LogP contribution < -0.4 is 10.1 Å². The molecule has 2 aliphatic rings. The molecule has 0 spiro atoms. The Bertz CT molecular complexity index is 1260. The molecule has 0 amide bonds. The van der Waals surface area contributed by atoms with Crippen LogP contribution in [0.25, 0.3) is 0 Å². The van der Waals surface area contributed by atoms with E-state index in [4.69, 9.17) is 4.74 Å². The Labute approximate surface area is 188 Å². The minimum Gasteiger partial charge on any atom is -0.496 e. The van der Waals surface area contributed by atoms with Crippen molar-refractivity contribution in [1.82, 2.24) is 14.8 Å². The van der Waals surface area contributed by atoms with Gasteiger partial charge < -0.3 is 10.1 Å². The molecule has 0 bridgehead atoms. The topological polar surface area (TPSA) is 69.0 Å². The summed E-state index contributed by atoms with van der Waals surface area (Å²) in [7, 11) is 1.48. The number of fused-ring (bicyclic) bond motifs is 1. The third kappa shape index (κ3) is 3.67. The number of hydrogen-bond donors (Lipinski definition) is 1. The van der Waals surface area contributed by atoms with Gasteiger partial charge in [-0.25, -0.2) is 4.68 Å². The fourth-order valence-electron chi connectivity index (χ4n) is 4.59. The summed E-state index contributed by atoms with van der Waals surface area (Å²) in [5, 5.41) is 6.72. The van der Waals surface area contributed by atoms with Crippen molar-refractivity contribution in [2.24, 2.45) is 0 Å². The lowest BCUT2D eigenvalue weighted by Gasteiger charge is -2.35. The number of anilines is 1. The molecule has 3 aromatic rings. The molecule has 2 atom stereocenters. The second kappa shape index (κ2) is 7.75. The van der Waals surface area contributed by atoms with Crippen LogP contribution in [0.5, 0.6) is 5.75 Å². The lowest BCUT2D eigenvalue weighted by Crippen LogP contribution is -2.33. The van der Waals surface area contributed by atoms with Gasteiger partial charge >= 0.3 is 6.18 Å². The summed E-state index contributed by atoms with van der Waals surface area (Å²) >= 11 is 0. The van der Waals surface area contributed by atoms with Crippen LogP contribution in [-0.4, -0.2) is 27.7 Å². The minimum absolute atomic E-state index is 0.0469. The number of aryl methyl sites for hydroxylation is 1. The number of halogens is 3. The van der Waals surface area contributed by atoms with Gasteiger partial charge in [0.2, 0.25) is 5.95 Å². The highest BCUT2D eigenvalue weighted by molar-refractivity contribution is 6.00. The number of aromatic nitrogens is 3. The average Bonchev–Trinajstić information content (AvgIpc) is 3.22. The molecule has 1 aliphatic heterocycles. The largest absolute Gasteiger partial charge is 0.496 e. The molecule has 2 heterocycles. The predicted octanol–water partition coefficient (Wildman–Crippen LogP) is 5.03. The zero-order valence-electron chi connectivity index (χ0n) is 18.0. The number of ether oxygens (including phenoxy) is 1. The second-order valence-electron chi connectivity index (χ2n) is 8.30. The summed E-state index contributed by atoms with van der Waals surface area (Å²) in [6.45, 7) is 1.99. The van der Waals surface area contributed by atoms with E-state index >= 15 is 0 Å². The Hall–Kier alpha value is -3.62. The first-order chi connectivity index (χ1) is 15.8. The van der Waals surface area contributed by atoms with Crippen LogP contribution in [0, 0.1) is 6.92 Å². The zero-order valence-corrected chi connectivity index (χ0v) is 18.0. The summed E-state index contributed by atoms with van der Waals surface area (Å²) in [6, 6.07) is 14.0. The van der Waals surface area contributed by atoms with E-state index in [2.05, 4.69) is 15.4 Å². The Kier molecular flexibility index (Phi) is 4.99. The molecule has 2 aromatic carbocycles. The van der Waals surface area contributed by atoms with Gasteiger partial charge in [-0.1, -0.05) is 48.0 Å². The molecule has 1 aliphatic carbocycles. The van der Waals surface area contributed by atoms with E-state index in [-0.39, 0.29) is 24.1 Å². The van der Waals surface area contributed by atoms with Crippen molar-refractivity contribution >= 4 is 11.7 Å². The number of carbonyl (C=O) groups is 1. The van der Waals surface area contributed by atoms with E-state index in [1.807, 2.05) is 31.2 Å². The Morgan fingerprint density at radius 3 is 2.52 bits per heavy atom. The normalized spacial score (nSPS) is 20.2. The molecule has 1 N–H and O–H groups in total. The number of ketones is 1. The van der Waals surface area contributed by atoms with Crippen LogP contribution >= 0.6 is 0 Å². The average molecular weight is 454 g/mol. The molecule has 0 radical (unpaired) electrons. The molecule has 9 heteroatoms. The molecule has 33 heavy (non-hydrogen) atoms. The van der Waals surface area contributed by atoms with Crippen LogP contribution in [0.2, 0.25) is 0 Å². The monoisotopic (exact) mass is 454 g/mol. The number of benzene rings is 2. The van der Waals surface area contributed by atoms with Gasteiger partial charge in [-0.15, -0.1) is 5.10 Å². The molecule has 0 saturated carbocycles. The molecule has 0 fully saturated rings. The van der Waals surface area contributed by atoms with Crippen LogP contribution in [0.1, 0.15) is 47.3 Å². The van der Waals surface area contributed by atoms with Gasteiger partial charge in [-0.2, -0.15) is 18.2 Å². The van der Waals surface area contributed by atoms with E-state index in [0.717, 1.165) is 15.8 Å². The number of carbonyl (C=O) groups excluding carboxylic acids is 1. The van der Waals surface area contributed by atoms with Crippen molar-refractivity contribution in [3.05, 3.63) is 82.3 Å². The number of para-hydroxylation sites is 1. The Balaban J connectivity index is 1.65. The maximum atomic E-state index is 13.5. The summed E-state index contributed by atoms with van der Waals surface area (Å²) in [6.07, 6.45) is -3.98. The van der Waals surface area contributed by atoms with E-state index in [1.165, 1.54) is 7.11 Å². The highest BCUT2D eigenvalue weighted by Gasteiger charge is 2.44. The molecule has 6 nitrogen and oxygen atoms in total. The number of hydrogen-bond acceptors (Lipinski definition) is 5. The molecule has 0 saturated heterocycles. The second-order valence-corrected chi connectivity index (χ2v) is 8.30. The maximum Gasteiger partial charge on any atom is 0.453 e. The van der Waals surface area contributed by atoms with Gasteiger partial charge in [-0.05, 0) is 30.9 Å². The van der Waals surface area contributed by atoms with Crippen molar-refractivity contribution in [3.8, 4) is 5.75 Å². The third-order valence-electron chi connectivity index (χ3n) is 6.16. The fraction of sp³-hybridized carbons (Fsp3) is 0.292. The van der Waals surface area contributed by atoms with Crippen molar-refractivity contribution < 1.29 is 22.7 Å². The SMILES string of the molecule is COc1ccccc1C1C2=C(CC(c3ccc(C)cc3)CC2=O)Nc2nc(C(F)(F)F)nn21. The zero-order chi connectivity index (χ0) is 23.3. The summed E-state index contributed by atoms with van der Waals surface area (Å²) in [5.41, 5.74) is 3.64. The molecule has 170 valence electrons. The van der Waals surface area contributed by atoms with Gasteiger partial charge in [0.05, 0.1) is 7.11 Å². The van der Waals surface area contributed by atoms with Crippen molar-refractivity contribution in [3.63, 3.8) is 0 Å². The standard InChI is InChI=1S/C24H21F3N4O2/c1-13-7-9-14(10-8-13)15-11-17-20(18(32)12-15)21(16-5-3-4-6-19(16)33-2)31-23(28-17)29-22(30-31)24(25,26)27/h3-10,15,21H,11-12H2,1-2H3,(H,28,29,30). The maximum absolute atomic E-state index is 13.5. The van der Waals surface area contributed by atoms with E-state index in [1.54, 1.807) is 24.3 Å². The number of alkyl halides is 3. The lowest BCUT2D eigenvalue weighted by molar-refractivity contribution is -0.145. The molecular formula is C24H21F3N4O2. The van der Waals surface area contributed by atoms with Crippen molar-refractivity contribution in [1.29, 1.82) is 0 Å². The predicted molar refractivity (Wildman–Crippen MR) is 115 cm³/mol. The summed E-state index contributed by atoms with van der Waals surface area (Å²) < 4.78 is 46.9. The van der Waals surface area contributed by atoms with Crippen molar-refractivity contribution in [2.75, 3.05) is 12.4 Å². The Morgan fingerprint density at radius 2 is 1.82 bits per heavy atom. The van der Waals surface area contributed by atoms with Gasteiger partial charge in [0.25, 0.3) is 5.82 Å². The first kappa shape index (κ1) is 21.2. The van der Waals surface area contributed by atoms with E-state index in [9.17, 15) is 18.0 Å². The summed E-state index contributed by atoms with van der Waals surface area (Å²) in [5.74, 6) is -1.07. The van der Waals surface area contributed by atoms with Gasteiger partial charge in [0, 0.05) is 23.3 Å². The van der Waals surface area contributed by atoms with Crippen molar-refractivity contribution in [2.45, 2.75) is 37.9 Å². The number of nitrogens with one attached hydrogen (secondary N) is 1. The van der Waals surface area contributed by atoms with Gasteiger partial charge in [-0.3, -0.25) is 4.79 Å². The number of Topliss-reactive ketones (excluding diaryl/α,β-unsaturated/α-hetero) is 1. The quantitative estimate of drug-likeness (QED) is 0.601. The number of rotatable bonds is 3. The summed E-state index contributed by atoms with van der Waals surface area (Å²) in [4.78, 5) is 17.2. The molecule has 1 aromatic heterocycles. The van der Waals surface area contributed by atoms with Gasteiger partial charge in [0.1, 0.15) is 11.8 Å². The van der Waals surface area contributed by atoms with Crippen LogP contribution in [-0.2, 0) is 11.0 Å². The van der Waals surface area contributed by atoms with Gasteiger partial charge in [0.15, 0.2) is 5.78 Å². The highest BCUT2D eigenvalue weighted by atomic mass is 19.4. The van der Waals surface area contributed by atoms with E-state index < -0.39 is 18.0 Å². The first-order valence-corrected chi connectivity index (χ1v) is 10.5. The molecular weight excluding hydrogens is 433 g/mol. The minimum atomic E-state index is -4.72. The number of nitrogens with zero attached hydrogens (tertiary/aromatic N) is 3. The Morgan fingerprint density at radius 1 is 1.09 bits per heavy atom. The van der Waals surface area contributed by atoms with E-state index in [0.29, 0.717) is 29.0 Å². The third-order valence-corrected chi connectivity index (χ3v) is 6.16. The van der Waals surface area contributed by atoms with Crippen LogP contribution in [0.3, 0.4) is 0 Å². The highest BCUT2D eigenvalue weighted by Crippen LogP contribution is 2.46. The number of allylic oxidation sites excluding steroid dienone is 2. The lowest BCUT2D eigenvalue weighted by atomic mass is 9.77.